The number of carbonyl (C=O) groups excluding carboxylic acids is 1. The minimum atomic E-state index is -0.388. The monoisotopic (exact) mass is 385 g/mol. The molecule has 0 spiro atoms. The van der Waals surface area contributed by atoms with Gasteiger partial charge in [-0.2, -0.15) is 0 Å². The molecule has 5 rings (SSSR count). The number of carbonyl (C=O) groups is 1. The van der Waals surface area contributed by atoms with E-state index in [-0.39, 0.29) is 5.97 Å². The fraction of sp³-hybridized carbons (Fsp3) is 0.650. The summed E-state index contributed by atoms with van der Waals surface area (Å²) >= 11 is 0. The number of morpholine rings is 1. The van der Waals surface area contributed by atoms with Gasteiger partial charge in [0.15, 0.2) is 5.65 Å². The number of aromatic nitrogens is 3. The van der Waals surface area contributed by atoms with Gasteiger partial charge in [0.2, 0.25) is 5.95 Å². The van der Waals surface area contributed by atoms with Crippen molar-refractivity contribution in [3.8, 4) is 0 Å². The first-order valence-electron chi connectivity index (χ1n) is 10.2. The van der Waals surface area contributed by atoms with Crippen LogP contribution in [0.15, 0.2) is 12.3 Å². The maximum absolute atomic E-state index is 11.8. The maximum Gasteiger partial charge on any atom is 0.339 e. The van der Waals surface area contributed by atoms with Gasteiger partial charge in [-0.15, -0.1) is 0 Å². The number of nitrogens with zero attached hydrogens (tertiary/aromatic N) is 5. The van der Waals surface area contributed by atoms with Gasteiger partial charge in [-0.05, 0) is 31.7 Å². The Bertz CT molecular complexity index is 893. The number of imidazole rings is 1. The molecule has 2 aliphatic heterocycles. The molecule has 0 amide bonds. The van der Waals surface area contributed by atoms with Crippen molar-refractivity contribution in [1.29, 1.82) is 0 Å². The van der Waals surface area contributed by atoms with Crippen molar-refractivity contribution < 1.29 is 14.3 Å². The zero-order valence-electron chi connectivity index (χ0n) is 16.5. The molecule has 3 aliphatic rings. The second-order valence-electron chi connectivity index (χ2n) is 7.99. The van der Waals surface area contributed by atoms with Gasteiger partial charge >= 0.3 is 5.97 Å². The zero-order valence-corrected chi connectivity index (χ0v) is 16.5. The highest BCUT2D eigenvalue weighted by atomic mass is 16.5. The first-order valence-corrected chi connectivity index (χ1v) is 10.2. The molecule has 2 saturated heterocycles. The minimum Gasteiger partial charge on any atom is -0.465 e. The van der Waals surface area contributed by atoms with Gasteiger partial charge in [0, 0.05) is 38.4 Å². The third kappa shape index (κ3) is 2.95. The first kappa shape index (κ1) is 17.9. The van der Waals surface area contributed by atoms with E-state index in [2.05, 4.69) is 26.3 Å². The van der Waals surface area contributed by atoms with Crippen LogP contribution in [0.1, 0.15) is 30.1 Å². The van der Waals surface area contributed by atoms with Crippen LogP contribution in [0.25, 0.3) is 11.2 Å². The molecule has 8 nitrogen and oxygen atoms in total. The van der Waals surface area contributed by atoms with Crippen LogP contribution >= 0.6 is 0 Å². The van der Waals surface area contributed by atoms with Gasteiger partial charge in [0.05, 0.1) is 31.9 Å². The number of esters is 1. The lowest BCUT2D eigenvalue weighted by Gasteiger charge is -2.48. The molecule has 3 fully saturated rings. The molecule has 4 heterocycles. The third-order valence-electron chi connectivity index (χ3n) is 6.30. The highest BCUT2D eigenvalue weighted by molar-refractivity contribution is 5.92. The van der Waals surface area contributed by atoms with E-state index in [4.69, 9.17) is 14.5 Å². The molecule has 2 aromatic rings. The van der Waals surface area contributed by atoms with E-state index in [0.717, 1.165) is 62.4 Å². The van der Waals surface area contributed by atoms with E-state index < -0.39 is 0 Å². The second-order valence-corrected chi connectivity index (χ2v) is 7.99. The summed E-state index contributed by atoms with van der Waals surface area (Å²) in [6, 6.07) is 2.78. The highest BCUT2D eigenvalue weighted by Crippen LogP contribution is 2.38. The Balaban J connectivity index is 1.43. The number of aryl methyl sites for hydroxylation is 1. The Kier molecular flexibility index (Phi) is 4.47. The number of hydrogen-bond acceptors (Lipinski definition) is 7. The molecule has 2 atom stereocenters. The molecule has 0 aromatic carbocycles. The molecule has 1 aliphatic carbocycles. The molecule has 0 N–H and O–H groups in total. The van der Waals surface area contributed by atoms with E-state index in [1.165, 1.54) is 20.0 Å². The van der Waals surface area contributed by atoms with E-state index in [9.17, 15) is 4.79 Å². The van der Waals surface area contributed by atoms with Crippen molar-refractivity contribution in [2.75, 3.05) is 44.9 Å². The van der Waals surface area contributed by atoms with E-state index in [1.807, 2.05) is 0 Å². The van der Waals surface area contributed by atoms with Crippen molar-refractivity contribution in [2.24, 2.45) is 5.92 Å². The Morgan fingerprint density at radius 3 is 2.93 bits per heavy atom. The average molecular weight is 385 g/mol. The molecule has 2 aromatic heterocycles. The fourth-order valence-corrected chi connectivity index (χ4v) is 4.71. The van der Waals surface area contributed by atoms with Crippen molar-refractivity contribution >= 4 is 23.1 Å². The standard InChI is InChI=1S/C20H27N5O3/c1-3-24-18-16(8-14(9-21-18)19(26)27-2)22-20(24)23-6-7-25-15(10-23)11-28-12-17(25)13-4-5-13/h8-9,13,15,17H,3-7,10-12H2,1-2H3/t15-,17-/m1/s1. The topological polar surface area (TPSA) is 72.7 Å². The van der Waals surface area contributed by atoms with Gasteiger partial charge < -0.3 is 14.4 Å². The summed E-state index contributed by atoms with van der Waals surface area (Å²) in [6.07, 6.45) is 4.26. The lowest BCUT2D eigenvalue weighted by Crippen LogP contribution is -2.62. The second kappa shape index (κ2) is 7.00. The number of ether oxygens (including phenoxy) is 2. The Morgan fingerprint density at radius 2 is 2.18 bits per heavy atom. The quantitative estimate of drug-likeness (QED) is 0.739. The van der Waals surface area contributed by atoms with Gasteiger partial charge in [-0.3, -0.25) is 9.47 Å². The lowest BCUT2D eigenvalue weighted by atomic mass is 10.0. The Morgan fingerprint density at radius 1 is 1.32 bits per heavy atom. The first-order chi connectivity index (χ1) is 13.7. The van der Waals surface area contributed by atoms with Gasteiger partial charge in [0.25, 0.3) is 0 Å². The summed E-state index contributed by atoms with van der Waals surface area (Å²) in [5.74, 6) is 1.37. The minimum absolute atomic E-state index is 0.388. The molecular formula is C20H27N5O3. The summed E-state index contributed by atoms with van der Waals surface area (Å²) in [6.45, 7) is 7.46. The summed E-state index contributed by atoms with van der Waals surface area (Å²) in [5, 5.41) is 0. The van der Waals surface area contributed by atoms with Gasteiger partial charge in [-0.1, -0.05) is 0 Å². The maximum atomic E-state index is 11.8. The van der Waals surface area contributed by atoms with Crippen LogP contribution in [-0.2, 0) is 16.0 Å². The van der Waals surface area contributed by atoms with Crippen LogP contribution in [0.2, 0.25) is 0 Å². The van der Waals surface area contributed by atoms with E-state index >= 15 is 0 Å². The molecule has 150 valence electrons. The molecule has 1 saturated carbocycles. The SMILES string of the molecule is CCn1c(N2CCN3[C@@H](COC[C@@H]3C3CC3)C2)nc2cc(C(=O)OC)cnc21. The van der Waals surface area contributed by atoms with Gasteiger partial charge in [0.1, 0.15) is 5.52 Å². The zero-order chi connectivity index (χ0) is 19.3. The number of piperazine rings is 1. The van der Waals surface area contributed by atoms with Crippen LogP contribution in [-0.4, -0.2) is 77.4 Å². The number of rotatable bonds is 4. The van der Waals surface area contributed by atoms with Crippen molar-refractivity contribution in [3.63, 3.8) is 0 Å². The van der Waals surface area contributed by atoms with Crippen LogP contribution in [0.5, 0.6) is 0 Å². The predicted octanol–water partition coefficient (Wildman–Crippen LogP) is 1.54. The van der Waals surface area contributed by atoms with Crippen LogP contribution < -0.4 is 4.90 Å². The number of fused-ring (bicyclic) bond motifs is 2. The van der Waals surface area contributed by atoms with Gasteiger partial charge in [-0.25, -0.2) is 14.8 Å². The molecule has 0 bridgehead atoms. The number of methoxy groups -OCH3 is 1. The number of pyridine rings is 1. The fourth-order valence-electron chi connectivity index (χ4n) is 4.71. The highest BCUT2D eigenvalue weighted by Gasteiger charge is 2.43. The Hall–Kier alpha value is -2.19. The molecule has 0 unspecified atom stereocenters. The predicted molar refractivity (Wildman–Crippen MR) is 105 cm³/mol. The largest absolute Gasteiger partial charge is 0.465 e. The average Bonchev–Trinajstić information content (AvgIpc) is 3.51. The van der Waals surface area contributed by atoms with Crippen LogP contribution in [0, 0.1) is 5.92 Å². The summed E-state index contributed by atoms with van der Waals surface area (Å²) in [4.78, 5) is 26.2. The van der Waals surface area contributed by atoms with Crippen LogP contribution in [0.4, 0.5) is 5.95 Å². The molecular weight excluding hydrogens is 358 g/mol. The smallest absolute Gasteiger partial charge is 0.339 e. The summed E-state index contributed by atoms with van der Waals surface area (Å²) in [7, 11) is 1.38. The van der Waals surface area contributed by atoms with Crippen molar-refractivity contribution in [1.82, 2.24) is 19.4 Å². The Labute approximate surface area is 164 Å². The van der Waals surface area contributed by atoms with E-state index in [1.54, 1.807) is 12.3 Å². The van der Waals surface area contributed by atoms with Crippen molar-refractivity contribution in [3.05, 3.63) is 17.8 Å². The molecule has 0 radical (unpaired) electrons. The summed E-state index contributed by atoms with van der Waals surface area (Å²) < 4.78 is 12.9. The molecule has 28 heavy (non-hydrogen) atoms. The number of hydrogen-bond donors (Lipinski definition) is 0. The number of anilines is 1. The van der Waals surface area contributed by atoms with E-state index in [0.29, 0.717) is 17.6 Å². The lowest BCUT2D eigenvalue weighted by molar-refractivity contribution is -0.0605. The van der Waals surface area contributed by atoms with Crippen molar-refractivity contribution in [2.45, 2.75) is 38.4 Å². The van der Waals surface area contributed by atoms with Crippen LogP contribution in [0.3, 0.4) is 0 Å². The summed E-state index contributed by atoms with van der Waals surface area (Å²) in [5.41, 5.74) is 1.97. The molecule has 8 heteroatoms. The normalized spacial score (nSPS) is 25.7. The third-order valence-corrected chi connectivity index (χ3v) is 6.30.